The summed E-state index contributed by atoms with van der Waals surface area (Å²) in [6.45, 7) is 3.73. The number of phenolic OH excluding ortho intramolecular Hbond substituents is 1. The summed E-state index contributed by atoms with van der Waals surface area (Å²) >= 11 is 0. The first-order valence-electron chi connectivity index (χ1n) is 11.9. The van der Waals surface area contributed by atoms with Gasteiger partial charge in [-0.15, -0.1) is 0 Å². The fourth-order valence-corrected chi connectivity index (χ4v) is 3.79. The summed E-state index contributed by atoms with van der Waals surface area (Å²) in [5.74, 6) is -1.12. The summed E-state index contributed by atoms with van der Waals surface area (Å²) in [4.78, 5) is 38.1. The number of carbonyl (C=O) groups is 2. The largest absolute Gasteiger partial charge is 0.507 e. The SMILES string of the molecule is CC[C@@H](C)[C@@H](NC(=O)OCc1ccccc1)C(=O)Oc1cc(O)c2c(=O)cc(-c3ccccc3)oc2c1. The highest BCUT2D eigenvalue weighted by atomic mass is 16.6. The van der Waals surface area contributed by atoms with Crippen LogP contribution >= 0.6 is 0 Å². The fourth-order valence-electron chi connectivity index (χ4n) is 3.79. The number of nitrogens with one attached hydrogen (secondary N) is 1. The lowest BCUT2D eigenvalue weighted by molar-refractivity contribution is -0.138. The Balaban J connectivity index is 1.54. The van der Waals surface area contributed by atoms with Gasteiger partial charge in [-0.05, 0) is 11.5 Å². The predicted octanol–water partition coefficient (Wildman–Crippen LogP) is 5.41. The summed E-state index contributed by atoms with van der Waals surface area (Å²) in [5.41, 5.74) is 1.11. The van der Waals surface area contributed by atoms with Gasteiger partial charge in [0, 0.05) is 23.8 Å². The normalized spacial score (nSPS) is 12.5. The zero-order chi connectivity index (χ0) is 26.4. The van der Waals surface area contributed by atoms with E-state index in [1.165, 1.54) is 18.2 Å². The van der Waals surface area contributed by atoms with Crippen LogP contribution in [0.3, 0.4) is 0 Å². The van der Waals surface area contributed by atoms with Gasteiger partial charge in [-0.3, -0.25) is 4.79 Å². The average Bonchev–Trinajstić information content (AvgIpc) is 2.90. The van der Waals surface area contributed by atoms with E-state index in [4.69, 9.17) is 13.9 Å². The molecule has 0 spiro atoms. The number of fused-ring (bicyclic) bond motifs is 1. The molecule has 190 valence electrons. The minimum Gasteiger partial charge on any atom is -0.507 e. The molecule has 37 heavy (non-hydrogen) atoms. The number of alkyl carbamates (subject to hydrolysis) is 1. The molecule has 4 aromatic rings. The second kappa shape index (κ2) is 11.4. The molecule has 2 N–H and O–H groups in total. The Labute approximate surface area is 213 Å². The molecule has 1 amide bonds. The third kappa shape index (κ3) is 6.16. The zero-order valence-corrected chi connectivity index (χ0v) is 20.5. The first-order valence-corrected chi connectivity index (χ1v) is 11.9. The number of esters is 1. The molecule has 8 nitrogen and oxygen atoms in total. The lowest BCUT2D eigenvalue weighted by Gasteiger charge is -2.22. The van der Waals surface area contributed by atoms with Gasteiger partial charge in [-0.25, -0.2) is 9.59 Å². The number of rotatable bonds is 8. The first-order chi connectivity index (χ1) is 17.9. The lowest BCUT2D eigenvalue weighted by atomic mass is 9.99. The van der Waals surface area contributed by atoms with Crippen LogP contribution in [-0.4, -0.2) is 23.2 Å². The molecule has 0 aliphatic rings. The van der Waals surface area contributed by atoms with Gasteiger partial charge < -0.3 is 24.3 Å². The monoisotopic (exact) mass is 501 g/mol. The molecule has 1 heterocycles. The van der Waals surface area contributed by atoms with E-state index in [1.54, 1.807) is 19.1 Å². The molecule has 0 aliphatic heterocycles. The maximum atomic E-state index is 13.1. The van der Waals surface area contributed by atoms with Crippen molar-refractivity contribution in [2.75, 3.05) is 0 Å². The van der Waals surface area contributed by atoms with Crippen LogP contribution in [0.4, 0.5) is 4.79 Å². The molecule has 0 fully saturated rings. The third-order valence-corrected chi connectivity index (χ3v) is 6.01. The van der Waals surface area contributed by atoms with E-state index in [0.717, 1.165) is 5.56 Å². The third-order valence-electron chi connectivity index (χ3n) is 6.01. The van der Waals surface area contributed by atoms with Crippen LogP contribution < -0.4 is 15.5 Å². The molecule has 0 saturated carbocycles. The molecule has 8 heteroatoms. The summed E-state index contributed by atoms with van der Waals surface area (Å²) in [7, 11) is 0. The van der Waals surface area contributed by atoms with E-state index >= 15 is 0 Å². The summed E-state index contributed by atoms with van der Waals surface area (Å²) < 4.78 is 16.6. The Morgan fingerprint density at radius 3 is 2.35 bits per heavy atom. The number of benzene rings is 3. The number of aromatic hydroxyl groups is 1. The van der Waals surface area contributed by atoms with Crippen LogP contribution in [0.25, 0.3) is 22.3 Å². The average molecular weight is 502 g/mol. The van der Waals surface area contributed by atoms with E-state index in [9.17, 15) is 19.5 Å². The molecule has 0 bridgehead atoms. The van der Waals surface area contributed by atoms with Crippen molar-refractivity contribution < 1.29 is 28.6 Å². The van der Waals surface area contributed by atoms with Crippen molar-refractivity contribution >= 4 is 23.0 Å². The first kappa shape index (κ1) is 25.5. The van der Waals surface area contributed by atoms with E-state index in [2.05, 4.69) is 5.32 Å². The summed E-state index contributed by atoms with van der Waals surface area (Å²) in [6, 6.07) is 21.0. The van der Waals surface area contributed by atoms with Gasteiger partial charge in [-0.1, -0.05) is 80.9 Å². The molecule has 0 radical (unpaired) electrons. The van der Waals surface area contributed by atoms with Crippen LogP contribution in [0, 0.1) is 5.92 Å². The highest BCUT2D eigenvalue weighted by Crippen LogP contribution is 2.31. The van der Waals surface area contributed by atoms with Crippen molar-refractivity contribution in [3.8, 4) is 22.8 Å². The minimum absolute atomic E-state index is 0.0272. The molecular formula is C29H27NO7. The van der Waals surface area contributed by atoms with Crippen molar-refractivity contribution in [2.45, 2.75) is 32.9 Å². The van der Waals surface area contributed by atoms with Gasteiger partial charge in [0.25, 0.3) is 0 Å². The smallest absolute Gasteiger partial charge is 0.408 e. The van der Waals surface area contributed by atoms with Gasteiger partial charge in [-0.2, -0.15) is 0 Å². The van der Waals surface area contributed by atoms with Crippen LogP contribution in [-0.2, 0) is 16.1 Å². The standard InChI is InChI=1S/C29H27NO7/c1-3-18(2)27(30-29(34)35-17-19-10-6-4-7-11-19)28(33)36-21-14-22(31)26-23(32)16-24(37-25(26)15-21)20-12-8-5-9-13-20/h4-16,18,27,31H,3,17H2,1-2H3,(H,30,34)/t18-,27-/m1/s1. The Bertz CT molecular complexity index is 1450. The molecule has 1 aromatic heterocycles. The fraction of sp³-hybridized carbons (Fsp3) is 0.207. The molecule has 3 aromatic carbocycles. The van der Waals surface area contributed by atoms with Crippen molar-refractivity contribution in [2.24, 2.45) is 5.92 Å². The summed E-state index contributed by atoms with van der Waals surface area (Å²) in [5, 5.41) is 13.0. The number of phenols is 1. The Morgan fingerprint density at radius 1 is 1.00 bits per heavy atom. The lowest BCUT2D eigenvalue weighted by Crippen LogP contribution is -2.47. The summed E-state index contributed by atoms with van der Waals surface area (Å²) in [6.07, 6.45) is -0.178. The molecule has 0 saturated heterocycles. The Kier molecular flexibility index (Phi) is 7.88. The van der Waals surface area contributed by atoms with Crippen LogP contribution in [0.5, 0.6) is 11.5 Å². The van der Waals surface area contributed by atoms with E-state index < -0.39 is 23.5 Å². The van der Waals surface area contributed by atoms with E-state index in [-0.39, 0.29) is 35.0 Å². The molecule has 0 unspecified atom stereocenters. The van der Waals surface area contributed by atoms with Gasteiger partial charge in [0.2, 0.25) is 0 Å². The minimum atomic E-state index is -1.01. The number of carbonyl (C=O) groups excluding carboxylic acids is 2. The Morgan fingerprint density at radius 2 is 1.68 bits per heavy atom. The van der Waals surface area contributed by atoms with Gasteiger partial charge >= 0.3 is 12.1 Å². The molecule has 2 atom stereocenters. The number of hydrogen-bond acceptors (Lipinski definition) is 7. The predicted molar refractivity (Wildman–Crippen MR) is 138 cm³/mol. The maximum absolute atomic E-state index is 13.1. The quantitative estimate of drug-likeness (QED) is 0.245. The van der Waals surface area contributed by atoms with Crippen molar-refractivity contribution in [1.82, 2.24) is 5.32 Å². The van der Waals surface area contributed by atoms with Gasteiger partial charge in [0.05, 0.1) is 0 Å². The molecule has 0 aliphatic carbocycles. The zero-order valence-electron chi connectivity index (χ0n) is 20.5. The van der Waals surface area contributed by atoms with Crippen molar-refractivity contribution in [3.63, 3.8) is 0 Å². The number of amides is 1. The maximum Gasteiger partial charge on any atom is 0.408 e. The second-order valence-electron chi connectivity index (χ2n) is 8.65. The van der Waals surface area contributed by atoms with Crippen molar-refractivity contribution in [3.05, 3.63) is 94.6 Å². The van der Waals surface area contributed by atoms with Crippen LogP contribution in [0.1, 0.15) is 25.8 Å². The van der Waals surface area contributed by atoms with Gasteiger partial charge in [0.1, 0.15) is 40.9 Å². The van der Waals surface area contributed by atoms with Crippen LogP contribution in [0.15, 0.2) is 88.1 Å². The molecule has 4 rings (SSSR count). The Hall–Kier alpha value is -4.59. The molecular weight excluding hydrogens is 474 g/mol. The van der Waals surface area contributed by atoms with Gasteiger partial charge in [0.15, 0.2) is 5.43 Å². The second-order valence-corrected chi connectivity index (χ2v) is 8.65. The van der Waals surface area contributed by atoms with E-state index in [0.29, 0.717) is 17.7 Å². The number of hydrogen-bond donors (Lipinski definition) is 2. The van der Waals surface area contributed by atoms with E-state index in [1.807, 2.05) is 55.5 Å². The van der Waals surface area contributed by atoms with Crippen molar-refractivity contribution in [1.29, 1.82) is 0 Å². The topological polar surface area (TPSA) is 115 Å². The number of ether oxygens (including phenoxy) is 2. The van der Waals surface area contributed by atoms with Crippen LogP contribution in [0.2, 0.25) is 0 Å². The highest BCUT2D eigenvalue weighted by molar-refractivity contribution is 5.88. The highest BCUT2D eigenvalue weighted by Gasteiger charge is 2.29.